The van der Waals surface area contributed by atoms with Gasteiger partial charge in [0.15, 0.2) is 5.16 Å². The van der Waals surface area contributed by atoms with E-state index in [2.05, 4.69) is 15.4 Å². The molecule has 5 nitrogen and oxygen atoms in total. The molecule has 1 aromatic heterocycles. The van der Waals surface area contributed by atoms with Crippen molar-refractivity contribution in [2.24, 2.45) is 5.84 Å². The lowest BCUT2D eigenvalue weighted by atomic mass is 10.3. The first-order valence-electron chi connectivity index (χ1n) is 3.88. The molecule has 1 heterocycles. The topological polar surface area (TPSA) is 83.8 Å². The van der Waals surface area contributed by atoms with E-state index in [1.807, 2.05) is 6.92 Å². The number of aromatic amines is 1. The number of carbonyl (C=O) groups is 1. The molecule has 1 rings (SSSR count). The van der Waals surface area contributed by atoms with Crippen LogP contribution in [0.1, 0.15) is 13.3 Å². The molecule has 0 bridgehead atoms. The van der Waals surface area contributed by atoms with Crippen molar-refractivity contribution in [3.05, 3.63) is 12.4 Å². The Bertz CT molecular complexity index is 261. The number of thioether (sulfide) groups is 1. The number of hydrogen-bond acceptors (Lipinski definition) is 4. The molecule has 1 amide bonds. The van der Waals surface area contributed by atoms with Crippen LogP contribution in [0, 0.1) is 0 Å². The molecule has 1 unspecified atom stereocenters. The standard InChI is InChI=1S/C7H12N4OS/c1-5(4-6(12)11-8)13-7-9-2-3-10-7/h2-3,5H,4,8H2,1H3,(H,9,10)(H,11,12). The molecule has 0 saturated carbocycles. The van der Waals surface area contributed by atoms with Gasteiger partial charge in [-0.2, -0.15) is 0 Å². The third-order valence-corrected chi connectivity index (χ3v) is 2.44. The van der Waals surface area contributed by atoms with Crippen LogP contribution in [0.3, 0.4) is 0 Å². The summed E-state index contributed by atoms with van der Waals surface area (Å²) >= 11 is 1.51. The van der Waals surface area contributed by atoms with Crippen LogP contribution in [0.25, 0.3) is 0 Å². The summed E-state index contributed by atoms with van der Waals surface area (Å²) in [6.45, 7) is 1.95. The van der Waals surface area contributed by atoms with Gasteiger partial charge in [0.25, 0.3) is 0 Å². The van der Waals surface area contributed by atoms with Gasteiger partial charge >= 0.3 is 0 Å². The Balaban J connectivity index is 2.33. The summed E-state index contributed by atoms with van der Waals surface area (Å²) in [4.78, 5) is 17.9. The van der Waals surface area contributed by atoms with Crippen molar-refractivity contribution in [2.75, 3.05) is 0 Å². The summed E-state index contributed by atoms with van der Waals surface area (Å²) in [5.41, 5.74) is 2.09. The van der Waals surface area contributed by atoms with Crippen molar-refractivity contribution < 1.29 is 4.79 Å². The van der Waals surface area contributed by atoms with Crippen LogP contribution in [0.4, 0.5) is 0 Å². The molecule has 0 aromatic carbocycles. The zero-order chi connectivity index (χ0) is 9.68. The molecule has 0 aliphatic rings. The molecule has 0 fully saturated rings. The number of hydrazine groups is 1. The number of rotatable bonds is 4. The lowest BCUT2D eigenvalue weighted by molar-refractivity contribution is -0.121. The van der Waals surface area contributed by atoms with Gasteiger partial charge in [-0.1, -0.05) is 18.7 Å². The van der Waals surface area contributed by atoms with Crippen LogP contribution in [-0.2, 0) is 4.79 Å². The first kappa shape index (κ1) is 10.1. The molecule has 4 N–H and O–H groups in total. The molecular weight excluding hydrogens is 188 g/mol. The number of amides is 1. The lowest BCUT2D eigenvalue weighted by Crippen LogP contribution is -2.31. The predicted octanol–water partition coefficient (Wildman–Crippen LogP) is 0.270. The minimum Gasteiger partial charge on any atom is -0.340 e. The van der Waals surface area contributed by atoms with Crippen molar-refractivity contribution >= 4 is 17.7 Å². The Labute approximate surface area is 80.5 Å². The van der Waals surface area contributed by atoms with Gasteiger partial charge in [-0.3, -0.25) is 10.2 Å². The largest absolute Gasteiger partial charge is 0.340 e. The van der Waals surface area contributed by atoms with Crippen molar-refractivity contribution in [3.63, 3.8) is 0 Å². The maximum Gasteiger partial charge on any atom is 0.234 e. The molecule has 72 valence electrons. The Morgan fingerprint density at radius 2 is 2.69 bits per heavy atom. The van der Waals surface area contributed by atoms with Gasteiger partial charge in [-0.15, -0.1) is 0 Å². The van der Waals surface area contributed by atoms with Crippen LogP contribution < -0.4 is 11.3 Å². The van der Waals surface area contributed by atoms with Crippen LogP contribution in [0.2, 0.25) is 0 Å². The summed E-state index contributed by atoms with van der Waals surface area (Å²) in [5.74, 6) is 4.80. The van der Waals surface area contributed by atoms with E-state index in [-0.39, 0.29) is 11.2 Å². The number of H-pyrrole nitrogens is 1. The minimum absolute atomic E-state index is 0.161. The molecule has 1 aromatic rings. The fourth-order valence-corrected chi connectivity index (χ4v) is 1.74. The van der Waals surface area contributed by atoms with E-state index in [0.29, 0.717) is 6.42 Å². The third kappa shape index (κ3) is 3.47. The highest BCUT2D eigenvalue weighted by Gasteiger charge is 2.10. The second-order valence-corrected chi connectivity index (χ2v) is 4.02. The van der Waals surface area contributed by atoms with Gasteiger partial charge in [0.2, 0.25) is 5.91 Å². The highest BCUT2D eigenvalue weighted by molar-refractivity contribution is 7.99. The minimum atomic E-state index is -0.161. The highest BCUT2D eigenvalue weighted by atomic mass is 32.2. The second-order valence-electron chi connectivity index (χ2n) is 2.59. The number of imidazole rings is 1. The smallest absolute Gasteiger partial charge is 0.234 e. The molecule has 0 spiro atoms. The summed E-state index contributed by atoms with van der Waals surface area (Å²) < 4.78 is 0. The maximum atomic E-state index is 10.9. The van der Waals surface area contributed by atoms with Crippen LogP contribution in [0.5, 0.6) is 0 Å². The number of aromatic nitrogens is 2. The van der Waals surface area contributed by atoms with Crippen LogP contribution in [0.15, 0.2) is 17.6 Å². The second kappa shape index (κ2) is 4.88. The van der Waals surface area contributed by atoms with Crippen molar-refractivity contribution in [3.8, 4) is 0 Å². The fraction of sp³-hybridized carbons (Fsp3) is 0.429. The van der Waals surface area contributed by atoms with Crippen LogP contribution in [-0.4, -0.2) is 21.1 Å². The summed E-state index contributed by atoms with van der Waals surface area (Å²) in [5, 5.41) is 0.979. The Morgan fingerprint density at radius 3 is 3.23 bits per heavy atom. The number of nitrogens with zero attached hydrogens (tertiary/aromatic N) is 1. The monoisotopic (exact) mass is 200 g/mol. The first-order chi connectivity index (χ1) is 6.22. The summed E-state index contributed by atoms with van der Waals surface area (Å²) in [6.07, 6.45) is 3.82. The normalized spacial score (nSPS) is 12.5. The van der Waals surface area contributed by atoms with Gasteiger partial charge in [-0.05, 0) is 0 Å². The maximum absolute atomic E-state index is 10.9. The number of hydrogen-bond donors (Lipinski definition) is 3. The Hall–Kier alpha value is -1.01. The van der Waals surface area contributed by atoms with E-state index < -0.39 is 0 Å². The quantitative estimate of drug-likeness (QED) is 0.282. The molecule has 13 heavy (non-hydrogen) atoms. The van der Waals surface area contributed by atoms with Gasteiger partial charge in [0, 0.05) is 24.1 Å². The van der Waals surface area contributed by atoms with Gasteiger partial charge in [0.05, 0.1) is 0 Å². The highest BCUT2D eigenvalue weighted by Crippen LogP contribution is 2.20. The average Bonchev–Trinajstić information content (AvgIpc) is 2.56. The molecule has 0 radical (unpaired) electrons. The number of nitrogens with two attached hydrogens (primary N) is 1. The van der Waals surface area contributed by atoms with Crippen molar-refractivity contribution in [1.82, 2.24) is 15.4 Å². The molecule has 0 saturated heterocycles. The fourth-order valence-electron chi connectivity index (χ4n) is 0.867. The Morgan fingerprint density at radius 1 is 1.92 bits per heavy atom. The van der Waals surface area contributed by atoms with E-state index in [4.69, 9.17) is 5.84 Å². The van der Waals surface area contributed by atoms with E-state index in [1.165, 1.54) is 11.8 Å². The van der Waals surface area contributed by atoms with E-state index >= 15 is 0 Å². The lowest BCUT2D eigenvalue weighted by Gasteiger charge is -2.06. The number of nitrogens with one attached hydrogen (secondary N) is 2. The number of carbonyl (C=O) groups excluding carboxylic acids is 1. The zero-order valence-corrected chi connectivity index (χ0v) is 8.10. The summed E-state index contributed by atoms with van der Waals surface area (Å²) in [6, 6.07) is 0. The van der Waals surface area contributed by atoms with Gasteiger partial charge < -0.3 is 4.98 Å². The van der Waals surface area contributed by atoms with E-state index in [1.54, 1.807) is 12.4 Å². The average molecular weight is 200 g/mol. The van der Waals surface area contributed by atoms with E-state index in [0.717, 1.165) is 5.16 Å². The van der Waals surface area contributed by atoms with E-state index in [9.17, 15) is 4.79 Å². The summed E-state index contributed by atoms with van der Waals surface area (Å²) in [7, 11) is 0. The Kier molecular flexibility index (Phi) is 3.78. The van der Waals surface area contributed by atoms with Crippen molar-refractivity contribution in [2.45, 2.75) is 23.8 Å². The van der Waals surface area contributed by atoms with Crippen molar-refractivity contribution in [1.29, 1.82) is 0 Å². The zero-order valence-electron chi connectivity index (χ0n) is 7.28. The molecule has 6 heteroatoms. The van der Waals surface area contributed by atoms with Gasteiger partial charge in [0.1, 0.15) is 0 Å². The molecule has 1 atom stereocenters. The molecule has 0 aliphatic heterocycles. The molecular formula is C7H12N4OS. The van der Waals surface area contributed by atoms with Gasteiger partial charge in [-0.25, -0.2) is 10.8 Å². The predicted molar refractivity (Wildman–Crippen MR) is 50.9 cm³/mol. The molecule has 0 aliphatic carbocycles. The first-order valence-corrected chi connectivity index (χ1v) is 4.76. The third-order valence-electron chi connectivity index (χ3n) is 1.42. The van der Waals surface area contributed by atoms with Crippen LogP contribution >= 0.6 is 11.8 Å². The SMILES string of the molecule is CC(CC(=O)NN)Sc1ncc[nH]1.